The van der Waals surface area contributed by atoms with Crippen molar-refractivity contribution in [3.05, 3.63) is 71.8 Å². The molecule has 0 aromatic heterocycles. The minimum absolute atomic E-state index is 0.219. The number of Topliss-reactive ketones (excluding diaryl/α,β-unsaturated/α-hetero) is 1. The standard InChI is InChI=1S/C22H22O/c23-20-16-11-21(18-7-3-1-4-8-18)12-17(20)14-22(13-16,15-21)19-9-5-2-6-10-19/h1-10,16-17H,11-15H2. The normalized spacial score (nSPS) is 38.0. The fraction of sp³-hybridized carbons (Fsp3) is 0.409. The van der Waals surface area contributed by atoms with Gasteiger partial charge in [-0.3, -0.25) is 4.79 Å². The van der Waals surface area contributed by atoms with Gasteiger partial charge in [-0.15, -0.1) is 0 Å². The first-order valence-electron chi connectivity index (χ1n) is 8.86. The van der Waals surface area contributed by atoms with Gasteiger partial charge in [0, 0.05) is 11.8 Å². The van der Waals surface area contributed by atoms with E-state index in [2.05, 4.69) is 60.7 Å². The summed E-state index contributed by atoms with van der Waals surface area (Å²) in [6.45, 7) is 0. The molecule has 2 aromatic rings. The number of rotatable bonds is 2. The van der Waals surface area contributed by atoms with Crippen LogP contribution in [0.15, 0.2) is 60.7 Å². The molecule has 0 saturated heterocycles. The molecule has 4 aliphatic rings. The van der Waals surface area contributed by atoms with E-state index in [4.69, 9.17) is 0 Å². The number of benzene rings is 2. The molecule has 2 aromatic carbocycles. The molecule has 1 nitrogen and oxygen atoms in total. The lowest BCUT2D eigenvalue weighted by molar-refractivity contribution is -0.144. The number of hydrogen-bond donors (Lipinski definition) is 0. The van der Waals surface area contributed by atoms with E-state index in [1.54, 1.807) is 0 Å². The summed E-state index contributed by atoms with van der Waals surface area (Å²) in [6, 6.07) is 22.0. The zero-order valence-corrected chi connectivity index (χ0v) is 13.4. The molecular weight excluding hydrogens is 280 g/mol. The van der Waals surface area contributed by atoms with E-state index in [-0.39, 0.29) is 22.7 Å². The van der Waals surface area contributed by atoms with Crippen molar-refractivity contribution >= 4 is 5.78 Å². The first-order valence-corrected chi connectivity index (χ1v) is 8.86. The third kappa shape index (κ3) is 1.83. The molecule has 1 heteroatoms. The monoisotopic (exact) mass is 302 g/mol. The van der Waals surface area contributed by atoms with Crippen molar-refractivity contribution in [1.29, 1.82) is 0 Å². The third-order valence-electron chi connectivity index (χ3n) is 6.80. The highest BCUT2D eigenvalue weighted by Crippen LogP contribution is 2.64. The van der Waals surface area contributed by atoms with Crippen molar-refractivity contribution in [2.24, 2.45) is 11.8 Å². The molecule has 23 heavy (non-hydrogen) atoms. The van der Waals surface area contributed by atoms with Crippen LogP contribution in [0.5, 0.6) is 0 Å². The van der Waals surface area contributed by atoms with Gasteiger partial charge in [0.1, 0.15) is 5.78 Å². The molecule has 0 heterocycles. The smallest absolute Gasteiger partial charge is 0.139 e. The lowest BCUT2D eigenvalue weighted by Crippen LogP contribution is -2.59. The number of carbonyl (C=O) groups is 1. The molecule has 0 atom stereocenters. The molecule has 4 fully saturated rings. The van der Waals surface area contributed by atoms with E-state index in [1.165, 1.54) is 17.5 Å². The molecule has 0 amide bonds. The largest absolute Gasteiger partial charge is 0.299 e. The highest BCUT2D eigenvalue weighted by atomic mass is 16.1. The second-order valence-electron chi connectivity index (χ2n) is 8.08. The van der Waals surface area contributed by atoms with Crippen LogP contribution < -0.4 is 0 Å². The summed E-state index contributed by atoms with van der Waals surface area (Å²) in [5.41, 5.74) is 3.36. The summed E-state index contributed by atoms with van der Waals surface area (Å²) in [4.78, 5) is 12.7. The summed E-state index contributed by atoms with van der Waals surface area (Å²) in [6.07, 6.45) is 5.50. The van der Waals surface area contributed by atoms with Crippen LogP contribution in [-0.4, -0.2) is 5.78 Å². The summed E-state index contributed by atoms with van der Waals surface area (Å²) in [7, 11) is 0. The summed E-state index contributed by atoms with van der Waals surface area (Å²) in [5, 5.41) is 0. The summed E-state index contributed by atoms with van der Waals surface area (Å²) < 4.78 is 0. The zero-order chi connectivity index (χ0) is 15.5. The third-order valence-corrected chi connectivity index (χ3v) is 6.80. The fourth-order valence-electron chi connectivity index (χ4n) is 6.13. The van der Waals surface area contributed by atoms with Gasteiger partial charge in [-0.25, -0.2) is 0 Å². The predicted molar refractivity (Wildman–Crippen MR) is 91.3 cm³/mol. The number of ketones is 1. The lowest BCUT2D eigenvalue weighted by Gasteiger charge is -2.61. The topological polar surface area (TPSA) is 17.1 Å². The van der Waals surface area contributed by atoms with Crippen molar-refractivity contribution < 1.29 is 4.79 Å². The van der Waals surface area contributed by atoms with Gasteiger partial charge in [-0.05, 0) is 54.1 Å². The van der Waals surface area contributed by atoms with Crippen LogP contribution in [0.3, 0.4) is 0 Å². The van der Waals surface area contributed by atoms with E-state index in [0.717, 1.165) is 25.7 Å². The van der Waals surface area contributed by atoms with Crippen molar-refractivity contribution in [1.82, 2.24) is 0 Å². The van der Waals surface area contributed by atoms with Gasteiger partial charge >= 0.3 is 0 Å². The molecule has 0 N–H and O–H groups in total. The van der Waals surface area contributed by atoms with E-state index in [1.807, 2.05) is 0 Å². The maximum atomic E-state index is 12.7. The van der Waals surface area contributed by atoms with Crippen LogP contribution in [0.2, 0.25) is 0 Å². The van der Waals surface area contributed by atoms with Crippen molar-refractivity contribution in [3.8, 4) is 0 Å². The van der Waals surface area contributed by atoms with Gasteiger partial charge in [-0.1, -0.05) is 60.7 Å². The van der Waals surface area contributed by atoms with Crippen LogP contribution in [0, 0.1) is 11.8 Å². The molecule has 6 rings (SSSR count). The van der Waals surface area contributed by atoms with Crippen LogP contribution >= 0.6 is 0 Å². The molecule has 0 aliphatic heterocycles. The highest BCUT2D eigenvalue weighted by molar-refractivity contribution is 5.87. The van der Waals surface area contributed by atoms with E-state index in [0.29, 0.717) is 5.78 Å². The Morgan fingerprint density at radius 3 is 1.43 bits per heavy atom. The fourth-order valence-corrected chi connectivity index (χ4v) is 6.13. The Hall–Kier alpha value is -1.89. The Labute approximate surface area is 137 Å². The molecule has 0 radical (unpaired) electrons. The Balaban J connectivity index is 1.65. The average molecular weight is 302 g/mol. The summed E-state index contributed by atoms with van der Waals surface area (Å²) in [5.74, 6) is 1.11. The van der Waals surface area contributed by atoms with E-state index in [9.17, 15) is 4.79 Å². The Morgan fingerprint density at radius 1 is 0.652 bits per heavy atom. The molecular formula is C22H22O. The van der Waals surface area contributed by atoms with Gasteiger partial charge in [0.15, 0.2) is 0 Å². The van der Waals surface area contributed by atoms with Gasteiger partial charge in [-0.2, -0.15) is 0 Å². The summed E-state index contributed by atoms with van der Waals surface area (Å²) >= 11 is 0. The maximum absolute atomic E-state index is 12.7. The van der Waals surface area contributed by atoms with Crippen molar-refractivity contribution in [2.45, 2.75) is 42.9 Å². The molecule has 0 unspecified atom stereocenters. The van der Waals surface area contributed by atoms with Crippen LogP contribution in [0.25, 0.3) is 0 Å². The van der Waals surface area contributed by atoms with Gasteiger partial charge in [0.2, 0.25) is 0 Å². The minimum atomic E-state index is 0.219. The Morgan fingerprint density at radius 2 is 1.04 bits per heavy atom. The average Bonchev–Trinajstić information content (AvgIpc) is 2.60. The quantitative estimate of drug-likeness (QED) is 0.789. The van der Waals surface area contributed by atoms with Gasteiger partial charge in [0.25, 0.3) is 0 Å². The molecule has 4 bridgehead atoms. The van der Waals surface area contributed by atoms with E-state index >= 15 is 0 Å². The molecule has 4 aliphatic carbocycles. The highest BCUT2D eigenvalue weighted by Gasteiger charge is 2.61. The van der Waals surface area contributed by atoms with Crippen molar-refractivity contribution in [2.75, 3.05) is 0 Å². The molecule has 0 spiro atoms. The van der Waals surface area contributed by atoms with Crippen molar-refractivity contribution in [3.63, 3.8) is 0 Å². The predicted octanol–water partition coefficient (Wildman–Crippen LogP) is 4.66. The molecule has 116 valence electrons. The number of carbonyl (C=O) groups excluding carboxylic acids is 1. The number of hydrogen-bond acceptors (Lipinski definition) is 1. The Kier molecular flexibility index (Phi) is 2.69. The first kappa shape index (κ1) is 13.5. The zero-order valence-electron chi connectivity index (χ0n) is 13.4. The first-order chi connectivity index (χ1) is 11.2. The SMILES string of the molecule is O=C1C2CC3(c4ccccc4)CC1CC(c1ccccc1)(C2)C3. The van der Waals surface area contributed by atoms with Gasteiger partial charge in [0.05, 0.1) is 0 Å². The van der Waals surface area contributed by atoms with E-state index < -0.39 is 0 Å². The minimum Gasteiger partial charge on any atom is -0.299 e. The lowest BCUT2D eigenvalue weighted by atomic mass is 9.41. The second-order valence-corrected chi connectivity index (χ2v) is 8.08. The van der Waals surface area contributed by atoms with Crippen LogP contribution in [0.1, 0.15) is 43.2 Å². The maximum Gasteiger partial charge on any atom is 0.139 e. The Bertz CT molecular complexity index is 671. The molecule has 4 saturated carbocycles. The van der Waals surface area contributed by atoms with Gasteiger partial charge < -0.3 is 0 Å². The van der Waals surface area contributed by atoms with Crippen LogP contribution in [0.4, 0.5) is 0 Å². The second kappa shape index (κ2) is 4.56. The van der Waals surface area contributed by atoms with Crippen LogP contribution in [-0.2, 0) is 15.6 Å².